The molecular weight excluding hydrogens is 167 g/mol. The number of fused-ring (bicyclic) bond motifs is 2. The average Bonchev–Trinajstić information content (AvgIpc) is 2.15. The smallest absolute Gasteiger partial charge is 0.104 e. The Bertz CT molecular complexity index is 231. The lowest BCUT2D eigenvalue weighted by molar-refractivity contribution is -0.0985. The van der Waals surface area contributed by atoms with Crippen molar-refractivity contribution in [1.29, 1.82) is 0 Å². The van der Waals surface area contributed by atoms with E-state index in [0.29, 0.717) is 5.41 Å². The predicted octanol–water partition coefficient (Wildman–Crippen LogP) is 3.79. The van der Waals surface area contributed by atoms with Crippen LogP contribution >= 0.6 is 0 Å². The van der Waals surface area contributed by atoms with Crippen molar-refractivity contribution in [2.24, 2.45) is 23.2 Å². The van der Waals surface area contributed by atoms with Crippen molar-refractivity contribution in [2.45, 2.75) is 45.8 Å². The molecule has 4 atom stereocenters. The molecule has 3 fully saturated rings. The van der Waals surface area contributed by atoms with Crippen molar-refractivity contribution in [1.82, 2.24) is 0 Å². The quantitative estimate of drug-likeness (QED) is 0.468. The molecule has 2 bridgehead atoms. The molecule has 0 aromatic rings. The highest BCUT2D eigenvalue weighted by atomic mass is 14.6. The third-order valence-corrected chi connectivity index (χ3v) is 5.02. The lowest BCUT2D eigenvalue weighted by Gasteiger charge is -2.62. The predicted molar refractivity (Wildman–Crippen MR) is 63.7 cm³/mol. The molecule has 2 unspecified atom stereocenters. The van der Waals surface area contributed by atoms with Gasteiger partial charge in [0.1, 0.15) is 7.28 Å². The maximum Gasteiger partial charge on any atom is 0.118 e. The minimum atomic E-state index is 0.637. The van der Waals surface area contributed by atoms with E-state index in [0.717, 1.165) is 29.9 Å². The Morgan fingerprint density at radius 3 is 2.64 bits per heavy atom. The van der Waals surface area contributed by atoms with Crippen LogP contribution in [0.5, 0.6) is 0 Å². The third-order valence-electron chi connectivity index (χ3n) is 5.02. The molecule has 0 nitrogen and oxygen atoms in total. The van der Waals surface area contributed by atoms with E-state index in [4.69, 9.17) is 0 Å². The van der Waals surface area contributed by atoms with Crippen LogP contribution in [0.4, 0.5) is 0 Å². The monoisotopic (exact) mass is 189 g/mol. The highest BCUT2D eigenvalue weighted by Gasteiger charge is 2.55. The minimum Gasteiger partial charge on any atom is -0.104 e. The van der Waals surface area contributed by atoms with E-state index in [-0.39, 0.29) is 0 Å². The highest BCUT2D eigenvalue weighted by molar-refractivity contribution is 6.38. The fourth-order valence-electron chi connectivity index (χ4n) is 3.77. The van der Waals surface area contributed by atoms with E-state index >= 15 is 0 Å². The Labute approximate surface area is 89.4 Å². The lowest BCUT2D eigenvalue weighted by atomic mass is 9.37. The molecule has 0 saturated heterocycles. The largest absolute Gasteiger partial charge is 0.118 e. The van der Waals surface area contributed by atoms with Crippen molar-refractivity contribution >= 4 is 7.28 Å². The summed E-state index contributed by atoms with van der Waals surface area (Å²) >= 11 is 0. The Morgan fingerprint density at radius 2 is 2.14 bits per heavy atom. The first-order valence-corrected chi connectivity index (χ1v) is 6.01. The fourth-order valence-corrected chi connectivity index (χ4v) is 3.77. The van der Waals surface area contributed by atoms with Crippen LogP contribution < -0.4 is 0 Å². The molecule has 0 heterocycles. The van der Waals surface area contributed by atoms with Crippen molar-refractivity contribution in [3.05, 3.63) is 12.7 Å². The summed E-state index contributed by atoms with van der Waals surface area (Å²) in [4.78, 5) is 0. The molecule has 0 spiro atoms. The normalized spacial score (nSPS) is 43.9. The Morgan fingerprint density at radius 1 is 1.43 bits per heavy atom. The molecule has 0 aromatic carbocycles. The second kappa shape index (κ2) is 3.43. The van der Waals surface area contributed by atoms with Crippen LogP contribution in [0.15, 0.2) is 12.7 Å². The summed E-state index contributed by atoms with van der Waals surface area (Å²) in [6.07, 6.45) is 6.04. The van der Waals surface area contributed by atoms with Gasteiger partial charge in [0.2, 0.25) is 0 Å². The maximum absolute atomic E-state index is 3.80. The molecule has 3 saturated carbocycles. The van der Waals surface area contributed by atoms with Gasteiger partial charge in [0, 0.05) is 0 Å². The van der Waals surface area contributed by atoms with E-state index in [1.54, 1.807) is 0 Å². The maximum atomic E-state index is 3.80. The standard InChI is InChI=1S/C13H22B/c1-5-6-14-12-8-10-7-11(9(12)2)13(10,3)4/h5,9-12H,1,6-8H2,2-4H3/t9-,10?,11?,12-/m1/s1. The Kier molecular flexibility index (Phi) is 2.53. The van der Waals surface area contributed by atoms with Crippen LogP contribution in [-0.2, 0) is 0 Å². The number of rotatable bonds is 3. The summed E-state index contributed by atoms with van der Waals surface area (Å²) in [6.45, 7) is 11.2. The van der Waals surface area contributed by atoms with Crippen LogP contribution in [0.25, 0.3) is 0 Å². The summed E-state index contributed by atoms with van der Waals surface area (Å²) in [5, 5.41) is 0. The molecule has 0 N–H and O–H groups in total. The SMILES string of the molecule is C=CC[B][C@@H]1CC2CC([C@H]1C)C2(C)C. The Hall–Kier alpha value is -0.195. The van der Waals surface area contributed by atoms with E-state index in [2.05, 4.69) is 34.6 Å². The van der Waals surface area contributed by atoms with Gasteiger partial charge in [-0.3, -0.25) is 0 Å². The van der Waals surface area contributed by atoms with Gasteiger partial charge in [0.25, 0.3) is 0 Å². The number of allylic oxidation sites excluding steroid dienone is 1. The van der Waals surface area contributed by atoms with Gasteiger partial charge >= 0.3 is 0 Å². The highest BCUT2D eigenvalue weighted by Crippen LogP contribution is 2.64. The second-order valence-corrected chi connectivity index (χ2v) is 5.88. The van der Waals surface area contributed by atoms with Gasteiger partial charge in [0.15, 0.2) is 0 Å². The van der Waals surface area contributed by atoms with Crippen LogP contribution in [-0.4, -0.2) is 7.28 Å². The van der Waals surface area contributed by atoms with E-state index in [1.165, 1.54) is 12.8 Å². The molecule has 0 aliphatic heterocycles. The molecule has 14 heavy (non-hydrogen) atoms. The first kappa shape index (κ1) is 10.3. The zero-order chi connectivity index (χ0) is 10.3. The van der Waals surface area contributed by atoms with Gasteiger partial charge in [-0.1, -0.05) is 45.4 Å². The van der Waals surface area contributed by atoms with Crippen LogP contribution in [0.1, 0.15) is 33.6 Å². The van der Waals surface area contributed by atoms with Crippen LogP contribution in [0, 0.1) is 23.2 Å². The minimum absolute atomic E-state index is 0.637. The topological polar surface area (TPSA) is 0 Å². The summed E-state index contributed by atoms with van der Waals surface area (Å²) < 4.78 is 0. The zero-order valence-electron chi connectivity index (χ0n) is 9.79. The molecule has 1 radical (unpaired) electrons. The van der Waals surface area contributed by atoms with E-state index < -0.39 is 0 Å². The molecular formula is C13H22B. The van der Waals surface area contributed by atoms with E-state index in [9.17, 15) is 0 Å². The van der Waals surface area contributed by atoms with Gasteiger partial charge in [-0.05, 0) is 29.6 Å². The van der Waals surface area contributed by atoms with Crippen LogP contribution in [0.2, 0.25) is 12.1 Å². The summed E-state index contributed by atoms with van der Waals surface area (Å²) in [6, 6.07) is 0. The second-order valence-electron chi connectivity index (χ2n) is 5.88. The summed E-state index contributed by atoms with van der Waals surface area (Å²) in [5.41, 5.74) is 0.637. The fraction of sp³-hybridized carbons (Fsp3) is 0.846. The summed E-state index contributed by atoms with van der Waals surface area (Å²) in [5.74, 6) is 3.74. The first-order valence-electron chi connectivity index (χ1n) is 6.01. The lowest BCUT2D eigenvalue weighted by Crippen LogP contribution is -2.54. The average molecular weight is 189 g/mol. The molecule has 0 aromatic heterocycles. The van der Waals surface area contributed by atoms with Gasteiger partial charge in [-0.15, -0.1) is 6.58 Å². The van der Waals surface area contributed by atoms with Crippen molar-refractivity contribution in [3.8, 4) is 0 Å². The molecule has 3 rings (SSSR count). The van der Waals surface area contributed by atoms with Gasteiger partial charge in [-0.25, -0.2) is 0 Å². The van der Waals surface area contributed by atoms with Crippen LogP contribution in [0.3, 0.4) is 0 Å². The van der Waals surface area contributed by atoms with Crippen molar-refractivity contribution in [3.63, 3.8) is 0 Å². The molecule has 77 valence electrons. The van der Waals surface area contributed by atoms with E-state index in [1.807, 2.05) is 6.08 Å². The zero-order valence-corrected chi connectivity index (χ0v) is 9.79. The third kappa shape index (κ3) is 1.36. The molecule has 1 heteroatoms. The molecule has 0 amide bonds. The number of hydrogen-bond donors (Lipinski definition) is 0. The van der Waals surface area contributed by atoms with Gasteiger partial charge in [-0.2, -0.15) is 0 Å². The van der Waals surface area contributed by atoms with Gasteiger partial charge in [0.05, 0.1) is 0 Å². The van der Waals surface area contributed by atoms with Crippen molar-refractivity contribution in [2.75, 3.05) is 0 Å². The molecule has 3 aliphatic rings. The Balaban J connectivity index is 1.97. The molecule has 3 aliphatic carbocycles. The number of hydrogen-bond acceptors (Lipinski definition) is 0. The van der Waals surface area contributed by atoms with Crippen molar-refractivity contribution < 1.29 is 0 Å². The van der Waals surface area contributed by atoms with Gasteiger partial charge < -0.3 is 0 Å². The summed E-state index contributed by atoms with van der Waals surface area (Å²) in [7, 11) is 2.49. The first-order chi connectivity index (χ1) is 6.57.